The molecule has 1 saturated carbocycles. The van der Waals surface area contributed by atoms with Crippen LogP contribution < -0.4 is 11.5 Å². The van der Waals surface area contributed by atoms with Gasteiger partial charge in [-0.15, -0.1) is 0 Å². The van der Waals surface area contributed by atoms with Gasteiger partial charge in [-0.05, 0) is 38.0 Å². The molecule has 0 amide bonds. The lowest BCUT2D eigenvalue weighted by Gasteiger charge is -2.43. The van der Waals surface area contributed by atoms with Crippen LogP contribution in [0.3, 0.4) is 0 Å². The molecule has 2 nitrogen and oxygen atoms in total. The highest BCUT2D eigenvalue weighted by Crippen LogP contribution is 2.35. The predicted octanol–water partition coefficient (Wildman–Crippen LogP) is 1.49. The summed E-state index contributed by atoms with van der Waals surface area (Å²) in [4.78, 5) is 0. The van der Waals surface area contributed by atoms with E-state index in [1.54, 1.807) is 0 Å². The number of hydrogen-bond donors (Lipinski definition) is 2. The van der Waals surface area contributed by atoms with E-state index in [4.69, 9.17) is 11.5 Å². The van der Waals surface area contributed by atoms with E-state index in [2.05, 4.69) is 20.8 Å². The monoisotopic (exact) mass is 170 g/mol. The zero-order chi connectivity index (χ0) is 9.35. The molecule has 0 heterocycles. The van der Waals surface area contributed by atoms with Crippen molar-refractivity contribution in [3.8, 4) is 0 Å². The van der Waals surface area contributed by atoms with Gasteiger partial charge in [-0.2, -0.15) is 0 Å². The third kappa shape index (κ3) is 1.99. The fourth-order valence-corrected chi connectivity index (χ4v) is 2.43. The van der Waals surface area contributed by atoms with Gasteiger partial charge in [0.25, 0.3) is 0 Å². The molecule has 2 heteroatoms. The lowest BCUT2D eigenvalue weighted by molar-refractivity contribution is 0.143. The molecule has 0 aromatic heterocycles. The molecule has 1 rings (SSSR count). The molecule has 0 radical (unpaired) electrons. The van der Waals surface area contributed by atoms with E-state index in [9.17, 15) is 0 Å². The van der Waals surface area contributed by atoms with Crippen LogP contribution in [0.2, 0.25) is 0 Å². The zero-order valence-electron chi connectivity index (χ0n) is 8.51. The van der Waals surface area contributed by atoms with Crippen LogP contribution in [0.25, 0.3) is 0 Å². The summed E-state index contributed by atoms with van der Waals surface area (Å²) in [6.45, 7) is 6.66. The van der Waals surface area contributed by atoms with Gasteiger partial charge in [0.1, 0.15) is 0 Å². The normalized spacial score (nSPS) is 43.5. The molecule has 0 bridgehead atoms. The SMILES string of the molecule is CC(C)C1CC(N)CCC1(C)N. The van der Waals surface area contributed by atoms with Crippen molar-refractivity contribution < 1.29 is 0 Å². The first-order chi connectivity index (χ1) is 5.43. The van der Waals surface area contributed by atoms with Crippen molar-refractivity contribution >= 4 is 0 Å². The van der Waals surface area contributed by atoms with Crippen LogP contribution in [0, 0.1) is 11.8 Å². The Morgan fingerprint density at radius 1 is 1.42 bits per heavy atom. The number of rotatable bonds is 1. The third-order valence-electron chi connectivity index (χ3n) is 3.26. The molecule has 0 saturated heterocycles. The van der Waals surface area contributed by atoms with Crippen LogP contribution in [0.5, 0.6) is 0 Å². The standard InChI is InChI=1S/C10H22N2/c1-7(2)9-6-8(11)4-5-10(9,3)12/h7-9H,4-6,11-12H2,1-3H3. The van der Waals surface area contributed by atoms with E-state index >= 15 is 0 Å². The fraction of sp³-hybridized carbons (Fsp3) is 1.00. The highest BCUT2D eigenvalue weighted by atomic mass is 14.8. The van der Waals surface area contributed by atoms with Crippen molar-refractivity contribution in [2.75, 3.05) is 0 Å². The maximum absolute atomic E-state index is 6.23. The lowest BCUT2D eigenvalue weighted by atomic mass is 9.68. The predicted molar refractivity (Wildman–Crippen MR) is 52.7 cm³/mol. The summed E-state index contributed by atoms with van der Waals surface area (Å²) < 4.78 is 0. The number of hydrogen-bond acceptors (Lipinski definition) is 2. The summed E-state index contributed by atoms with van der Waals surface area (Å²) >= 11 is 0. The molecule has 12 heavy (non-hydrogen) atoms. The molecule has 4 N–H and O–H groups in total. The molecule has 1 aliphatic rings. The minimum Gasteiger partial charge on any atom is -0.328 e. The molecule has 72 valence electrons. The van der Waals surface area contributed by atoms with Gasteiger partial charge in [0, 0.05) is 11.6 Å². The second kappa shape index (κ2) is 3.35. The van der Waals surface area contributed by atoms with E-state index in [1.807, 2.05) is 0 Å². The van der Waals surface area contributed by atoms with Crippen molar-refractivity contribution in [2.24, 2.45) is 23.3 Å². The molecule has 1 fully saturated rings. The quantitative estimate of drug-likeness (QED) is 0.626. The van der Waals surface area contributed by atoms with E-state index in [0.29, 0.717) is 17.9 Å². The van der Waals surface area contributed by atoms with Gasteiger partial charge in [-0.25, -0.2) is 0 Å². The Hall–Kier alpha value is -0.0800. The second-order valence-corrected chi connectivity index (χ2v) is 4.89. The van der Waals surface area contributed by atoms with Gasteiger partial charge < -0.3 is 11.5 Å². The highest BCUT2D eigenvalue weighted by Gasteiger charge is 2.37. The molecular formula is C10H22N2. The van der Waals surface area contributed by atoms with E-state index in [0.717, 1.165) is 19.3 Å². The summed E-state index contributed by atoms with van der Waals surface area (Å²) in [5.41, 5.74) is 12.2. The molecule has 0 spiro atoms. The molecule has 0 aromatic rings. The largest absolute Gasteiger partial charge is 0.328 e. The van der Waals surface area contributed by atoms with E-state index in [-0.39, 0.29) is 5.54 Å². The van der Waals surface area contributed by atoms with Crippen molar-refractivity contribution in [2.45, 2.75) is 51.6 Å². The fourth-order valence-electron chi connectivity index (χ4n) is 2.43. The Balaban J connectivity index is 2.65. The topological polar surface area (TPSA) is 52.0 Å². The van der Waals surface area contributed by atoms with Crippen LogP contribution in [0.15, 0.2) is 0 Å². The number of nitrogens with two attached hydrogens (primary N) is 2. The van der Waals surface area contributed by atoms with Crippen LogP contribution >= 0.6 is 0 Å². The highest BCUT2D eigenvalue weighted by molar-refractivity contribution is 4.95. The minimum absolute atomic E-state index is 0.0179. The Morgan fingerprint density at radius 3 is 2.42 bits per heavy atom. The van der Waals surface area contributed by atoms with Crippen molar-refractivity contribution in [1.29, 1.82) is 0 Å². The summed E-state index contributed by atoms with van der Waals surface area (Å²) in [6.07, 6.45) is 3.28. The molecule has 1 aliphatic carbocycles. The van der Waals surface area contributed by atoms with Gasteiger partial charge in [0.2, 0.25) is 0 Å². The van der Waals surface area contributed by atoms with Gasteiger partial charge in [0.15, 0.2) is 0 Å². The molecule has 0 aromatic carbocycles. The summed E-state index contributed by atoms with van der Waals surface area (Å²) in [6, 6.07) is 0.383. The Bertz CT molecular complexity index is 152. The van der Waals surface area contributed by atoms with Crippen LogP contribution in [-0.2, 0) is 0 Å². The van der Waals surface area contributed by atoms with Crippen LogP contribution in [0.4, 0.5) is 0 Å². The van der Waals surface area contributed by atoms with Gasteiger partial charge in [0.05, 0.1) is 0 Å². The molecule has 0 aliphatic heterocycles. The first-order valence-electron chi connectivity index (χ1n) is 4.98. The minimum atomic E-state index is 0.0179. The van der Waals surface area contributed by atoms with Gasteiger partial charge in [-0.1, -0.05) is 13.8 Å². The van der Waals surface area contributed by atoms with Crippen LogP contribution in [0.1, 0.15) is 40.0 Å². The first-order valence-corrected chi connectivity index (χ1v) is 4.98. The molecule has 3 unspecified atom stereocenters. The molecular weight excluding hydrogens is 148 g/mol. The molecule has 3 atom stereocenters. The average Bonchev–Trinajstić information content (AvgIpc) is 1.94. The van der Waals surface area contributed by atoms with Gasteiger partial charge >= 0.3 is 0 Å². The van der Waals surface area contributed by atoms with Gasteiger partial charge in [-0.3, -0.25) is 0 Å². The van der Waals surface area contributed by atoms with E-state index < -0.39 is 0 Å². The zero-order valence-corrected chi connectivity index (χ0v) is 8.51. The first kappa shape index (κ1) is 10.0. The van der Waals surface area contributed by atoms with Crippen molar-refractivity contribution in [3.63, 3.8) is 0 Å². The van der Waals surface area contributed by atoms with Crippen molar-refractivity contribution in [3.05, 3.63) is 0 Å². The maximum Gasteiger partial charge on any atom is 0.0157 e. The second-order valence-electron chi connectivity index (χ2n) is 4.89. The third-order valence-corrected chi connectivity index (χ3v) is 3.26. The summed E-state index contributed by atoms with van der Waals surface area (Å²) in [5, 5.41) is 0. The van der Waals surface area contributed by atoms with Crippen molar-refractivity contribution in [1.82, 2.24) is 0 Å². The maximum atomic E-state index is 6.23. The average molecular weight is 170 g/mol. The smallest absolute Gasteiger partial charge is 0.0157 e. The summed E-state index contributed by atoms with van der Waals surface area (Å²) in [7, 11) is 0. The summed E-state index contributed by atoms with van der Waals surface area (Å²) in [5.74, 6) is 1.26. The van der Waals surface area contributed by atoms with E-state index in [1.165, 1.54) is 0 Å². The Morgan fingerprint density at radius 2 is 2.00 bits per heavy atom. The van der Waals surface area contributed by atoms with Crippen LogP contribution in [-0.4, -0.2) is 11.6 Å². The Labute approximate surface area is 75.7 Å². The Kier molecular flexibility index (Phi) is 2.79. The lowest BCUT2D eigenvalue weighted by Crippen LogP contribution is -2.52.